The third kappa shape index (κ3) is 2.63. The van der Waals surface area contributed by atoms with Crippen LogP contribution in [-0.2, 0) is 18.6 Å². The molecule has 0 amide bonds. The molecule has 3 nitrogen and oxygen atoms in total. The highest BCUT2D eigenvalue weighted by Gasteiger charge is 2.18. The van der Waals surface area contributed by atoms with Gasteiger partial charge in [-0.3, -0.25) is 4.79 Å². The van der Waals surface area contributed by atoms with E-state index in [2.05, 4.69) is 9.97 Å². The Balaban J connectivity index is 1.72. The van der Waals surface area contributed by atoms with Gasteiger partial charge in [0.25, 0.3) is 5.56 Å². The molecule has 4 heteroatoms. The normalized spacial score (nSPS) is 20.0. The number of hydrogen-bond acceptors (Lipinski definition) is 3. The molecule has 0 unspecified atom stereocenters. The Morgan fingerprint density at radius 1 is 1.17 bits per heavy atom. The number of aryl methyl sites for hydroxylation is 1. The summed E-state index contributed by atoms with van der Waals surface area (Å²) in [5.41, 5.74) is 2.12. The molecule has 2 aliphatic carbocycles. The first kappa shape index (κ1) is 12.3. The Morgan fingerprint density at radius 2 is 1.94 bits per heavy atom. The highest BCUT2D eigenvalue weighted by molar-refractivity contribution is 7.99. The Hall–Kier alpha value is -0.770. The van der Waals surface area contributed by atoms with Crippen LogP contribution in [-0.4, -0.2) is 15.2 Å². The van der Waals surface area contributed by atoms with Crippen molar-refractivity contribution in [2.24, 2.45) is 0 Å². The molecule has 0 aliphatic heterocycles. The summed E-state index contributed by atoms with van der Waals surface area (Å²) in [5.74, 6) is 1.75. The summed E-state index contributed by atoms with van der Waals surface area (Å²) in [6.45, 7) is 0. The van der Waals surface area contributed by atoms with Crippen LogP contribution in [0.2, 0.25) is 0 Å². The number of aromatic amines is 1. The van der Waals surface area contributed by atoms with Gasteiger partial charge in [0.15, 0.2) is 0 Å². The van der Waals surface area contributed by atoms with Crippen LogP contribution in [0.1, 0.15) is 55.6 Å². The van der Waals surface area contributed by atoms with Crippen LogP contribution in [0.3, 0.4) is 0 Å². The van der Waals surface area contributed by atoms with Crippen molar-refractivity contribution in [2.45, 2.75) is 62.4 Å². The molecule has 98 valence electrons. The number of aromatic nitrogens is 2. The van der Waals surface area contributed by atoms with E-state index in [1.54, 1.807) is 0 Å². The van der Waals surface area contributed by atoms with Crippen molar-refractivity contribution in [3.63, 3.8) is 0 Å². The van der Waals surface area contributed by atoms with Gasteiger partial charge in [-0.15, -0.1) is 0 Å². The molecule has 1 aromatic rings. The van der Waals surface area contributed by atoms with Crippen molar-refractivity contribution in [3.05, 3.63) is 27.4 Å². The molecule has 1 saturated carbocycles. The summed E-state index contributed by atoms with van der Waals surface area (Å²) in [5, 5.41) is 0.784. The standard InChI is InChI=1S/C14H20N2OS/c17-14-11-7-3-4-8-12(11)15-13(16-14)9-18-10-5-1-2-6-10/h10H,1-9H2,(H,15,16,17). The van der Waals surface area contributed by atoms with Crippen molar-refractivity contribution in [3.8, 4) is 0 Å². The summed E-state index contributed by atoms with van der Waals surface area (Å²) in [7, 11) is 0. The fourth-order valence-electron chi connectivity index (χ4n) is 2.97. The highest BCUT2D eigenvalue weighted by atomic mass is 32.2. The zero-order valence-electron chi connectivity index (χ0n) is 10.7. The summed E-state index contributed by atoms with van der Waals surface area (Å²) in [4.78, 5) is 19.6. The molecule has 1 fully saturated rings. The minimum atomic E-state index is 0.113. The first-order chi connectivity index (χ1) is 8.83. The number of nitrogens with zero attached hydrogens (tertiary/aromatic N) is 1. The lowest BCUT2D eigenvalue weighted by Crippen LogP contribution is -2.22. The van der Waals surface area contributed by atoms with E-state index < -0.39 is 0 Å². The number of nitrogens with one attached hydrogen (secondary N) is 1. The molecular weight excluding hydrogens is 244 g/mol. The van der Waals surface area contributed by atoms with E-state index in [0.717, 1.165) is 47.3 Å². The molecule has 0 atom stereocenters. The second-order valence-electron chi connectivity index (χ2n) is 5.36. The van der Waals surface area contributed by atoms with E-state index in [4.69, 9.17) is 0 Å². The third-order valence-electron chi connectivity index (χ3n) is 4.00. The lowest BCUT2D eigenvalue weighted by Gasteiger charge is -2.15. The zero-order valence-corrected chi connectivity index (χ0v) is 11.5. The Kier molecular flexibility index (Phi) is 3.73. The van der Waals surface area contributed by atoms with Crippen molar-refractivity contribution in [1.82, 2.24) is 9.97 Å². The second kappa shape index (κ2) is 5.47. The fourth-order valence-corrected chi connectivity index (χ4v) is 4.17. The minimum absolute atomic E-state index is 0.113. The van der Waals surface area contributed by atoms with E-state index in [1.165, 1.54) is 32.1 Å². The lowest BCUT2D eigenvalue weighted by atomic mass is 9.97. The average Bonchev–Trinajstić information content (AvgIpc) is 2.90. The predicted octanol–water partition coefficient (Wildman–Crippen LogP) is 2.82. The maximum Gasteiger partial charge on any atom is 0.254 e. The van der Waals surface area contributed by atoms with Gasteiger partial charge in [0.1, 0.15) is 5.82 Å². The van der Waals surface area contributed by atoms with Gasteiger partial charge in [-0.25, -0.2) is 4.98 Å². The van der Waals surface area contributed by atoms with Crippen molar-refractivity contribution >= 4 is 11.8 Å². The summed E-state index contributed by atoms with van der Waals surface area (Å²) in [6, 6.07) is 0. The second-order valence-corrected chi connectivity index (χ2v) is 6.65. The predicted molar refractivity (Wildman–Crippen MR) is 75.1 cm³/mol. The molecular formula is C14H20N2OS. The average molecular weight is 264 g/mol. The number of rotatable bonds is 3. The topological polar surface area (TPSA) is 45.8 Å². The van der Waals surface area contributed by atoms with Gasteiger partial charge in [-0.2, -0.15) is 11.8 Å². The largest absolute Gasteiger partial charge is 0.310 e. The van der Waals surface area contributed by atoms with E-state index in [0.29, 0.717) is 0 Å². The Labute approximate surface area is 112 Å². The summed E-state index contributed by atoms with van der Waals surface area (Å²) >= 11 is 1.96. The van der Waals surface area contributed by atoms with Crippen LogP contribution in [0, 0.1) is 0 Å². The number of hydrogen-bond donors (Lipinski definition) is 1. The van der Waals surface area contributed by atoms with E-state index in [1.807, 2.05) is 11.8 Å². The lowest BCUT2D eigenvalue weighted by molar-refractivity contribution is 0.650. The molecule has 18 heavy (non-hydrogen) atoms. The van der Waals surface area contributed by atoms with Crippen LogP contribution in [0.25, 0.3) is 0 Å². The van der Waals surface area contributed by atoms with Gasteiger partial charge < -0.3 is 4.98 Å². The van der Waals surface area contributed by atoms with Crippen molar-refractivity contribution in [1.29, 1.82) is 0 Å². The van der Waals surface area contributed by atoms with Crippen LogP contribution in [0.5, 0.6) is 0 Å². The Morgan fingerprint density at radius 3 is 2.78 bits per heavy atom. The maximum atomic E-state index is 12.0. The van der Waals surface area contributed by atoms with Crippen LogP contribution >= 0.6 is 11.8 Å². The first-order valence-electron chi connectivity index (χ1n) is 7.05. The van der Waals surface area contributed by atoms with E-state index in [-0.39, 0.29) is 5.56 Å². The van der Waals surface area contributed by atoms with Crippen LogP contribution in [0.4, 0.5) is 0 Å². The Bertz CT molecular complexity index is 477. The van der Waals surface area contributed by atoms with Crippen LogP contribution < -0.4 is 5.56 Å². The molecule has 2 aliphatic rings. The summed E-state index contributed by atoms with van der Waals surface area (Å²) in [6.07, 6.45) is 9.61. The van der Waals surface area contributed by atoms with Gasteiger partial charge in [-0.1, -0.05) is 12.8 Å². The fraction of sp³-hybridized carbons (Fsp3) is 0.714. The molecule has 0 radical (unpaired) electrons. The van der Waals surface area contributed by atoms with Crippen molar-refractivity contribution < 1.29 is 0 Å². The molecule has 0 aromatic carbocycles. The number of thioether (sulfide) groups is 1. The highest BCUT2D eigenvalue weighted by Crippen LogP contribution is 2.31. The smallest absolute Gasteiger partial charge is 0.254 e. The van der Waals surface area contributed by atoms with E-state index >= 15 is 0 Å². The monoisotopic (exact) mass is 264 g/mol. The molecule has 1 N–H and O–H groups in total. The number of fused-ring (bicyclic) bond motifs is 1. The first-order valence-corrected chi connectivity index (χ1v) is 8.10. The molecule has 0 spiro atoms. The SMILES string of the molecule is O=c1[nH]c(CSC2CCCC2)nc2c1CCCC2. The third-order valence-corrected chi connectivity index (χ3v) is 5.38. The quantitative estimate of drug-likeness (QED) is 0.913. The number of H-pyrrole nitrogens is 1. The summed E-state index contributed by atoms with van der Waals surface area (Å²) < 4.78 is 0. The maximum absolute atomic E-state index is 12.0. The molecule has 1 aromatic heterocycles. The molecule has 0 bridgehead atoms. The molecule has 1 heterocycles. The van der Waals surface area contributed by atoms with Gasteiger partial charge in [0.05, 0.1) is 11.4 Å². The van der Waals surface area contributed by atoms with Gasteiger partial charge in [-0.05, 0) is 38.5 Å². The van der Waals surface area contributed by atoms with Crippen molar-refractivity contribution in [2.75, 3.05) is 0 Å². The van der Waals surface area contributed by atoms with Gasteiger partial charge >= 0.3 is 0 Å². The molecule has 3 rings (SSSR count). The zero-order chi connectivity index (χ0) is 12.4. The van der Waals surface area contributed by atoms with Crippen LogP contribution in [0.15, 0.2) is 4.79 Å². The minimum Gasteiger partial charge on any atom is -0.310 e. The molecule has 0 saturated heterocycles. The van der Waals surface area contributed by atoms with Gasteiger partial charge in [0, 0.05) is 10.8 Å². The van der Waals surface area contributed by atoms with Gasteiger partial charge in [0.2, 0.25) is 0 Å². The van der Waals surface area contributed by atoms with E-state index in [9.17, 15) is 4.79 Å².